The van der Waals surface area contributed by atoms with Gasteiger partial charge >= 0.3 is 0 Å². The van der Waals surface area contributed by atoms with Gasteiger partial charge in [-0.15, -0.1) is 0 Å². The lowest BCUT2D eigenvalue weighted by Crippen LogP contribution is -2.03. The van der Waals surface area contributed by atoms with Gasteiger partial charge in [-0.25, -0.2) is 14.4 Å². The van der Waals surface area contributed by atoms with Gasteiger partial charge in [-0.2, -0.15) is 0 Å². The summed E-state index contributed by atoms with van der Waals surface area (Å²) < 4.78 is 21.1. The molecule has 3 aromatic heterocycles. The number of fused-ring (bicyclic) bond motifs is 2. The van der Waals surface area contributed by atoms with Crippen molar-refractivity contribution < 1.29 is 8.81 Å². The number of benzene rings is 2. The zero-order valence-electron chi connectivity index (χ0n) is 13.6. The lowest BCUT2D eigenvalue weighted by molar-refractivity contribution is 0.616. The topological polar surface area (TPSA) is 69.3 Å². The second-order valence-corrected chi connectivity index (χ2v) is 6.00. The van der Waals surface area contributed by atoms with E-state index in [1.165, 1.54) is 12.1 Å². The van der Waals surface area contributed by atoms with Crippen LogP contribution in [0.25, 0.3) is 39.1 Å². The fraction of sp³-hybridized carbons (Fsp3) is 0. The van der Waals surface area contributed by atoms with Gasteiger partial charge in [-0.05, 0) is 36.4 Å². The van der Waals surface area contributed by atoms with Crippen molar-refractivity contribution in [2.75, 3.05) is 5.73 Å². The van der Waals surface area contributed by atoms with Crippen molar-refractivity contribution in [3.8, 4) is 22.5 Å². The summed E-state index contributed by atoms with van der Waals surface area (Å²) >= 11 is 0. The molecule has 0 amide bonds. The third kappa shape index (κ3) is 2.16. The Labute approximate surface area is 147 Å². The number of nitrogens with zero attached hydrogens (tertiary/aromatic N) is 3. The van der Waals surface area contributed by atoms with Crippen molar-refractivity contribution in [3.63, 3.8) is 0 Å². The first-order chi connectivity index (χ1) is 12.7. The Kier molecular flexibility index (Phi) is 3.05. The molecule has 6 heteroatoms. The summed E-state index contributed by atoms with van der Waals surface area (Å²) in [6, 6.07) is 14.1. The molecule has 0 saturated heterocycles. The van der Waals surface area contributed by atoms with Crippen LogP contribution in [0.1, 0.15) is 0 Å². The van der Waals surface area contributed by atoms with E-state index in [0.717, 1.165) is 22.2 Å². The van der Waals surface area contributed by atoms with Crippen molar-refractivity contribution in [2.24, 2.45) is 0 Å². The van der Waals surface area contributed by atoms with E-state index in [9.17, 15) is 4.39 Å². The van der Waals surface area contributed by atoms with Crippen LogP contribution in [-0.4, -0.2) is 14.4 Å². The monoisotopic (exact) mass is 344 g/mol. The van der Waals surface area contributed by atoms with E-state index in [1.807, 2.05) is 40.9 Å². The van der Waals surface area contributed by atoms with Gasteiger partial charge in [0.15, 0.2) is 11.5 Å². The van der Waals surface area contributed by atoms with Crippen LogP contribution in [0.15, 0.2) is 71.6 Å². The SMILES string of the molecule is Nc1nc(-c2cccc(F)c2)c(-c2ccc3occc3c2)n2ccnc12. The van der Waals surface area contributed by atoms with Crippen LogP contribution in [0.5, 0.6) is 0 Å². The molecule has 0 atom stereocenters. The van der Waals surface area contributed by atoms with Crippen molar-refractivity contribution in [2.45, 2.75) is 0 Å². The zero-order valence-corrected chi connectivity index (χ0v) is 13.6. The summed E-state index contributed by atoms with van der Waals surface area (Å²) in [5.41, 5.74) is 10.4. The molecule has 126 valence electrons. The van der Waals surface area contributed by atoms with Gasteiger partial charge in [0.05, 0.1) is 17.7 Å². The minimum absolute atomic E-state index is 0.294. The molecule has 5 rings (SSSR count). The Morgan fingerprint density at radius 2 is 1.96 bits per heavy atom. The lowest BCUT2D eigenvalue weighted by atomic mass is 10.0. The van der Waals surface area contributed by atoms with Gasteiger partial charge in [-0.1, -0.05) is 12.1 Å². The van der Waals surface area contributed by atoms with Gasteiger partial charge in [-0.3, -0.25) is 4.40 Å². The van der Waals surface area contributed by atoms with E-state index in [-0.39, 0.29) is 5.82 Å². The molecule has 0 unspecified atom stereocenters. The average Bonchev–Trinajstić information content (AvgIpc) is 3.30. The number of hydrogen-bond donors (Lipinski definition) is 1. The molecule has 26 heavy (non-hydrogen) atoms. The average molecular weight is 344 g/mol. The Hall–Kier alpha value is -3.67. The quantitative estimate of drug-likeness (QED) is 0.511. The maximum absolute atomic E-state index is 13.8. The molecular formula is C20H13FN4O. The summed E-state index contributed by atoms with van der Waals surface area (Å²) in [7, 11) is 0. The van der Waals surface area contributed by atoms with E-state index in [4.69, 9.17) is 10.2 Å². The normalized spacial score (nSPS) is 11.4. The van der Waals surface area contributed by atoms with Crippen molar-refractivity contribution in [1.29, 1.82) is 0 Å². The molecule has 0 bridgehead atoms. The first kappa shape index (κ1) is 14.7. The van der Waals surface area contributed by atoms with E-state index in [0.29, 0.717) is 22.7 Å². The molecule has 5 nitrogen and oxygen atoms in total. The molecular weight excluding hydrogens is 331 g/mol. The molecule has 2 N–H and O–H groups in total. The first-order valence-electron chi connectivity index (χ1n) is 8.07. The minimum Gasteiger partial charge on any atom is -0.464 e. The van der Waals surface area contributed by atoms with Crippen LogP contribution in [-0.2, 0) is 0 Å². The van der Waals surface area contributed by atoms with Crippen molar-refractivity contribution >= 4 is 22.4 Å². The highest BCUT2D eigenvalue weighted by molar-refractivity contribution is 5.88. The largest absolute Gasteiger partial charge is 0.464 e. The number of nitrogen functional groups attached to an aromatic ring is 1. The van der Waals surface area contributed by atoms with E-state index >= 15 is 0 Å². The number of hydrogen-bond acceptors (Lipinski definition) is 4. The Morgan fingerprint density at radius 1 is 1.04 bits per heavy atom. The third-order valence-corrected chi connectivity index (χ3v) is 4.39. The van der Waals surface area contributed by atoms with Crippen molar-refractivity contribution in [3.05, 3.63) is 73.0 Å². The maximum Gasteiger partial charge on any atom is 0.180 e. The smallest absolute Gasteiger partial charge is 0.180 e. The molecule has 3 heterocycles. The van der Waals surface area contributed by atoms with Crippen LogP contribution < -0.4 is 5.73 Å². The fourth-order valence-corrected chi connectivity index (χ4v) is 3.24. The molecule has 0 aliphatic carbocycles. The fourth-order valence-electron chi connectivity index (χ4n) is 3.24. The van der Waals surface area contributed by atoms with Crippen LogP contribution >= 0.6 is 0 Å². The van der Waals surface area contributed by atoms with E-state index < -0.39 is 0 Å². The lowest BCUT2D eigenvalue weighted by Gasteiger charge is -2.14. The highest BCUT2D eigenvalue weighted by atomic mass is 19.1. The van der Waals surface area contributed by atoms with Gasteiger partial charge in [0.2, 0.25) is 0 Å². The highest BCUT2D eigenvalue weighted by Gasteiger charge is 2.17. The predicted octanol–water partition coefficient (Wildman–Crippen LogP) is 4.53. The van der Waals surface area contributed by atoms with Gasteiger partial charge in [0, 0.05) is 28.9 Å². The molecule has 0 fully saturated rings. The molecule has 0 spiro atoms. The Bertz CT molecular complexity index is 1270. The first-order valence-corrected chi connectivity index (χ1v) is 8.07. The van der Waals surface area contributed by atoms with Crippen LogP contribution in [0.2, 0.25) is 0 Å². The second kappa shape index (κ2) is 5.42. The standard InChI is InChI=1S/C20H13FN4O/c21-15-3-1-2-13(11-15)17-18(25-8-7-23-20(25)19(22)24-17)14-4-5-16-12(10-14)6-9-26-16/h1-11H,(H2,22,24). The number of aromatic nitrogens is 3. The maximum atomic E-state index is 13.8. The van der Waals surface area contributed by atoms with Gasteiger partial charge in [0.25, 0.3) is 0 Å². The molecule has 5 aromatic rings. The summed E-state index contributed by atoms with van der Waals surface area (Å²) in [5.74, 6) is -0.0350. The second-order valence-electron chi connectivity index (χ2n) is 6.00. The predicted molar refractivity (Wildman–Crippen MR) is 98.0 cm³/mol. The highest BCUT2D eigenvalue weighted by Crippen LogP contribution is 2.34. The number of anilines is 1. The summed E-state index contributed by atoms with van der Waals surface area (Å²) in [6.45, 7) is 0. The number of imidazole rings is 1. The Morgan fingerprint density at radius 3 is 2.85 bits per heavy atom. The van der Waals surface area contributed by atoms with Crippen LogP contribution in [0.4, 0.5) is 10.2 Å². The summed E-state index contributed by atoms with van der Waals surface area (Å²) in [6.07, 6.45) is 5.14. The molecule has 0 aliphatic heterocycles. The zero-order chi connectivity index (χ0) is 17.7. The molecule has 2 aromatic carbocycles. The number of furan rings is 1. The van der Waals surface area contributed by atoms with Crippen LogP contribution in [0.3, 0.4) is 0 Å². The molecule has 0 aliphatic rings. The van der Waals surface area contributed by atoms with E-state index in [1.54, 1.807) is 18.5 Å². The van der Waals surface area contributed by atoms with Crippen LogP contribution in [0, 0.1) is 5.82 Å². The molecule has 0 radical (unpaired) electrons. The summed E-state index contributed by atoms with van der Waals surface area (Å²) in [5, 5.41) is 0.970. The number of halogens is 1. The summed E-state index contributed by atoms with van der Waals surface area (Å²) in [4.78, 5) is 8.83. The van der Waals surface area contributed by atoms with E-state index in [2.05, 4.69) is 9.97 Å². The van der Waals surface area contributed by atoms with Gasteiger partial charge < -0.3 is 10.2 Å². The Balaban J connectivity index is 1.88. The number of nitrogens with two attached hydrogens (primary N) is 1. The third-order valence-electron chi connectivity index (χ3n) is 4.39. The minimum atomic E-state index is -0.329. The van der Waals surface area contributed by atoms with Crippen molar-refractivity contribution in [1.82, 2.24) is 14.4 Å². The number of rotatable bonds is 2. The molecule has 0 saturated carbocycles. The van der Waals surface area contributed by atoms with Gasteiger partial charge in [0.1, 0.15) is 11.4 Å².